The van der Waals surface area contributed by atoms with E-state index in [0.29, 0.717) is 15.6 Å². The minimum absolute atomic E-state index is 0.0691. The predicted molar refractivity (Wildman–Crippen MR) is 96.3 cm³/mol. The molecule has 2 aromatic rings. The molecular formula is C17H14Cl2N2O5. The molecule has 1 atom stereocenters. The summed E-state index contributed by atoms with van der Waals surface area (Å²) in [6.07, 6.45) is 0. The molecule has 0 spiro atoms. The molecule has 7 nitrogen and oxygen atoms in total. The van der Waals surface area contributed by atoms with Crippen molar-refractivity contribution in [1.29, 1.82) is 0 Å². The first-order chi connectivity index (χ1) is 12.3. The molecular weight excluding hydrogens is 383 g/mol. The van der Waals surface area contributed by atoms with E-state index in [2.05, 4.69) is 5.32 Å². The van der Waals surface area contributed by atoms with Crippen LogP contribution in [0.2, 0.25) is 10.0 Å². The average molecular weight is 397 g/mol. The van der Waals surface area contributed by atoms with E-state index in [0.717, 1.165) is 6.07 Å². The van der Waals surface area contributed by atoms with Gasteiger partial charge < -0.3 is 10.1 Å². The summed E-state index contributed by atoms with van der Waals surface area (Å²) in [5, 5.41) is 14.0. The van der Waals surface area contributed by atoms with E-state index < -0.39 is 22.8 Å². The maximum atomic E-state index is 12.1. The van der Waals surface area contributed by atoms with Crippen LogP contribution in [-0.2, 0) is 16.1 Å². The van der Waals surface area contributed by atoms with Crippen LogP contribution in [0.15, 0.2) is 42.5 Å². The van der Waals surface area contributed by atoms with Crippen molar-refractivity contribution in [3.63, 3.8) is 0 Å². The monoisotopic (exact) mass is 396 g/mol. The summed E-state index contributed by atoms with van der Waals surface area (Å²) in [7, 11) is 0. The second-order valence-corrected chi connectivity index (χ2v) is 6.19. The van der Waals surface area contributed by atoms with Crippen molar-refractivity contribution in [2.75, 3.05) is 0 Å². The zero-order valence-corrected chi connectivity index (χ0v) is 15.1. The number of nitro benzene ring substituents is 1. The van der Waals surface area contributed by atoms with E-state index in [1.165, 1.54) is 31.2 Å². The third kappa shape index (κ3) is 5.18. The highest BCUT2D eigenvalue weighted by molar-refractivity contribution is 6.35. The SMILES string of the molecule is C[C@H](NC(=O)c1cccc([N+](=O)[O-])c1)C(=O)OCc1ccc(Cl)cc1Cl. The highest BCUT2D eigenvalue weighted by Crippen LogP contribution is 2.21. The molecule has 2 rings (SSSR count). The van der Waals surface area contributed by atoms with Gasteiger partial charge in [0.25, 0.3) is 11.6 Å². The molecule has 0 saturated heterocycles. The zero-order valence-electron chi connectivity index (χ0n) is 13.6. The number of ether oxygens (including phenoxy) is 1. The topological polar surface area (TPSA) is 98.5 Å². The molecule has 0 aliphatic carbocycles. The standard InChI is InChI=1S/C17H14Cl2N2O5/c1-10(17(23)26-9-12-5-6-13(18)8-15(12)19)20-16(22)11-3-2-4-14(7-11)21(24)25/h2-8,10H,9H2,1H3,(H,20,22)/t10-/m0/s1. The smallest absolute Gasteiger partial charge is 0.328 e. The highest BCUT2D eigenvalue weighted by atomic mass is 35.5. The number of carbonyl (C=O) groups is 2. The fourth-order valence-electron chi connectivity index (χ4n) is 2.01. The number of carbonyl (C=O) groups excluding carboxylic acids is 2. The molecule has 0 radical (unpaired) electrons. The van der Waals surface area contributed by atoms with Gasteiger partial charge in [-0.2, -0.15) is 0 Å². The second kappa shape index (κ2) is 8.64. The van der Waals surface area contributed by atoms with E-state index in [1.807, 2.05) is 0 Å². The number of amides is 1. The Morgan fingerprint density at radius 3 is 2.62 bits per heavy atom. The number of hydrogen-bond acceptors (Lipinski definition) is 5. The highest BCUT2D eigenvalue weighted by Gasteiger charge is 2.19. The van der Waals surface area contributed by atoms with Gasteiger partial charge in [0.15, 0.2) is 0 Å². The van der Waals surface area contributed by atoms with Crippen molar-refractivity contribution in [2.24, 2.45) is 0 Å². The Kier molecular flexibility index (Phi) is 6.54. The van der Waals surface area contributed by atoms with Crippen LogP contribution in [0, 0.1) is 10.1 Å². The number of benzene rings is 2. The fourth-order valence-corrected chi connectivity index (χ4v) is 2.48. The number of rotatable bonds is 6. The quantitative estimate of drug-likeness (QED) is 0.455. The van der Waals surface area contributed by atoms with Gasteiger partial charge in [0, 0.05) is 33.3 Å². The fraction of sp³-hybridized carbons (Fsp3) is 0.176. The minimum atomic E-state index is -0.951. The summed E-state index contributed by atoms with van der Waals surface area (Å²) >= 11 is 11.8. The molecule has 2 aromatic carbocycles. The summed E-state index contributed by atoms with van der Waals surface area (Å²) in [6, 6.07) is 9.01. The average Bonchev–Trinajstić information content (AvgIpc) is 2.60. The molecule has 0 saturated carbocycles. The summed E-state index contributed by atoms with van der Waals surface area (Å²) in [6.45, 7) is 1.37. The number of halogens is 2. The molecule has 0 bridgehead atoms. The molecule has 136 valence electrons. The second-order valence-electron chi connectivity index (χ2n) is 5.35. The zero-order chi connectivity index (χ0) is 19.3. The minimum Gasteiger partial charge on any atom is -0.459 e. The molecule has 9 heteroatoms. The Hall–Kier alpha value is -2.64. The van der Waals surface area contributed by atoms with Crippen LogP contribution in [0.1, 0.15) is 22.8 Å². The van der Waals surface area contributed by atoms with Crippen LogP contribution in [0.4, 0.5) is 5.69 Å². The van der Waals surface area contributed by atoms with E-state index in [1.54, 1.807) is 12.1 Å². The van der Waals surface area contributed by atoms with Gasteiger partial charge >= 0.3 is 5.97 Å². The van der Waals surface area contributed by atoms with E-state index in [4.69, 9.17) is 27.9 Å². The maximum absolute atomic E-state index is 12.1. The number of esters is 1. The Morgan fingerprint density at radius 2 is 1.96 bits per heavy atom. The number of non-ortho nitro benzene ring substituents is 1. The lowest BCUT2D eigenvalue weighted by molar-refractivity contribution is -0.384. The third-order valence-corrected chi connectivity index (χ3v) is 3.99. The lowest BCUT2D eigenvalue weighted by Crippen LogP contribution is -2.39. The first kappa shape index (κ1) is 19.7. The number of hydrogen-bond donors (Lipinski definition) is 1. The van der Waals surface area contributed by atoms with E-state index >= 15 is 0 Å². The van der Waals surface area contributed by atoms with Gasteiger partial charge in [0.2, 0.25) is 0 Å². The van der Waals surface area contributed by atoms with Crippen LogP contribution in [-0.4, -0.2) is 22.8 Å². The van der Waals surface area contributed by atoms with Gasteiger partial charge in [-0.15, -0.1) is 0 Å². The molecule has 0 aliphatic heterocycles. The predicted octanol–water partition coefficient (Wildman–Crippen LogP) is 3.76. The Labute approximate surface area is 159 Å². The molecule has 26 heavy (non-hydrogen) atoms. The summed E-state index contributed by atoms with van der Waals surface area (Å²) in [4.78, 5) is 34.3. The van der Waals surface area contributed by atoms with Crippen molar-refractivity contribution in [3.05, 3.63) is 73.8 Å². The van der Waals surface area contributed by atoms with Crippen LogP contribution in [0.5, 0.6) is 0 Å². The normalized spacial score (nSPS) is 11.5. The largest absolute Gasteiger partial charge is 0.459 e. The van der Waals surface area contributed by atoms with Gasteiger partial charge in [-0.1, -0.05) is 35.3 Å². The molecule has 1 N–H and O–H groups in total. The van der Waals surface area contributed by atoms with Crippen molar-refractivity contribution in [1.82, 2.24) is 5.32 Å². The molecule has 0 aliphatic rings. The van der Waals surface area contributed by atoms with Gasteiger partial charge in [-0.05, 0) is 25.1 Å². The van der Waals surface area contributed by atoms with Crippen LogP contribution >= 0.6 is 23.2 Å². The Bertz CT molecular complexity index is 857. The van der Waals surface area contributed by atoms with Crippen molar-refractivity contribution < 1.29 is 19.2 Å². The lowest BCUT2D eigenvalue weighted by atomic mass is 10.2. The third-order valence-electron chi connectivity index (χ3n) is 3.41. The lowest BCUT2D eigenvalue weighted by Gasteiger charge is -2.14. The van der Waals surface area contributed by atoms with Crippen LogP contribution in [0.3, 0.4) is 0 Å². The first-order valence-electron chi connectivity index (χ1n) is 7.44. The van der Waals surface area contributed by atoms with Gasteiger partial charge in [-0.25, -0.2) is 4.79 Å². The first-order valence-corrected chi connectivity index (χ1v) is 8.19. The van der Waals surface area contributed by atoms with E-state index in [9.17, 15) is 19.7 Å². The molecule has 0 heterocycles. The summed E-state index contributed by atoms with van der Waals surface area (Å²) in [5.41, 5.74) is 0.423. The van der Waals surface area contributed by atoms with Gasteiger partial charge in [0.1, 0.15) is 12.6 Å². The molecule has 0 unspecified atom stereocenters. The van der Waals surface area contributed by atoms with Crippen molar-refractivity contribution in [3.8, 4) is 0 Å². The summed E-state index contributed by atoms with van der Waals surface area (Å²) < 4.78 is 5.12. The molecule has 1 amide bonds. The summed E-state index contributed by atoms with van der Waals surface area (Å²) in [5.74, 6) is -1.29. The number of nitrogens with zero attached hydrogens (tertiary/aromatic N) is 1. The van der Waals surface area contributed by atoms with Crippen LogP contribution < -0.4 is 5.32 Å². The van der Waals surface area contributed by atoms with Crippen molar-refractivity contribution in [2.45, 2.75) is 19.6 Å². The van der Waals surface area contributed by atoms with Gasteiger partial charge in [-0.3, -0.25) is 14.9 Å². The Morgan fingerprint density at radius 1 is 1.23 bits per heavy atom. The van der Waals surface area contributed by atoms with Gasteiger partial charge in [0.05, 0.1) is 4.92 Å². The molecule has 0 fully saturated rings. The Balaban J connectivity index is 1.94. The maximum Gasteiger partial charge on any atom is 0.328 e. The van der Waals surface area contributed by atoms with E-state index in [-0.39, 0.29) is 17.9 Å². The molecule has 0 aromatic heterocycles. The number of nitro groups is 1. The van der Waals surface area contributed by atoms with Crippen molar-refractivity contribution >= 4 is 40.8 Å². The van der Waals surface area contributed by atoms with Crippen LogP contribution in [0.25, 0.3) is 0 Å². The number of nitrogens with one attached hydrogen (secondary N) is 1.